The van der Waals surface area contributed by atoms with Crippen molar-refractivity contribution in [3.63, 3.8) is 0 Å². The molecule has 0 heterocycles. The Morgan fingerprint density at radius 3 is 1.39 bits per heavy atom. The van der Waals surface area contributed by atoms with Gasteiger partial charge in [0.05, 0.1) is 72.5 Å². The fraction of sp³-hybridized carbons (Fsp3) is 0.895. The van der Waals surface area contributed by atoms with Gasteiger partial charge >= 0.3 is 5.97 Å². The Bertz CT molecular complexity index is 398. The molecule has 1 amide bonds. The van der Waals surface area contributed by atoms with Gasteiger partial charge in [-0.05, 0) is 5.41 Å². The Labute approximate surface area is 168 Å². The summed E-state index contributed by atoms with van der Waals surface area (Å²) in [5.74, 6) is -0.875. The van der Waals surface area contributed by atoms with E-state index in [1.54, 1.807) is 0 Å². The lowest BCUT2D eigenvalue weighted by molar-refractivity contribution is -0.138. The minimum atomic E-state index is -0.873. The molecule has 9 heteroatoms. The van der Waals surface area contributed by atoms with Crippen LogP contribution in [-0.2, 0) is 33.3 Å². The van der Waals surface area contributed by atoms with Crippen LogP contribution < -0.4 is 5.32 Å². The lowest BCUT2D eigenvalue weighted by Gasteiger charge is -2.18. The molecule has 0 aromatic carbocycles. The fourth-order valence-corrected chi connectivity index (χ4v) is 1.76. The molecule has 2 N–H and O–H groups in total. The highest BCUT2D eigenvalue weighted by Crippen LogP contribution is 2.10. The molecule has 0 saturated heterocycles. The van der Waals surface area contributed by atoms with Crippen LogP contribution in [0.3, 0.4) is 0 Å². The third-order valence-electron chi connectivity index (χ3n) is 3.24. The van der Waals surface area contributed by atoms with Crippen molar-refractivity contribution in [3.05, 3.63) is 0 Å². The van der Waals surface area contributed by atoms with Gasteiger partial charge in [-0.25, -0.2) is 0 Å². The third-order valence-corrected chi connectivity index (χ3v) is 3.24. The number of carboxylic acids is 1. The van der Waals surface area contributed by atoms with E-state index in [1.807, 2.05) is 0 Å². The molecular weight excluding hydrogens is 370 g/mol. The van der Waals surface area contributed by atoms with Crippen LogP contribution in [0.25, 0.3) is 0 Å². The predicted molar refractivity (Wildman–Crippen MR) is 103 cm³/mol. The standard InChI is InChI=1S/C19H37NO8/c1-19(2,3)16-20-17(21)4-6-24-8-10-26-12-14-28-15-13-27-11-9-25-7-5-18(22)23/h4-16H2,1-3H3,(H,20,21)(H,22,23). The first kappa shape index (κ1) is 26.7. The van der Waals surface area contributed by atoms with Gasteiger partial charge in [-0.15, -0.1) is 0 Å². The van der Waals surface area contributed by atoms with Crippen LogP contribution in [0.2, 0.25) is 0 Å². The number of hydrogen-bond acceptors (Lipinski definition) is 7. The minimum Gasteiger partial charge on any atom is -0.481 e. The number of carboxylic acid groups (broad SMARTS) is 1. The highest BCUT2D eigenvalue weighted by atomic mass is 16.6. The van der Waals surface area contributed by atoms with Crippen molar-refractivity contribution in [1.29, 1.82) is 0 Å². The maximum Gasteiger partial charge on any atom is 0.305 e. The number of amides is 1. The van der Waals surface area contributed by atoms with Crippen LogP contribution in [0.15, 0.2) is 0 Å². The summed E-state index contributed by atoms with van der Waals surface area (Å²) in [6, 6.07) is 0. The SMILES string of the molecule is CC(C)(C)CNC(=O)CCOCCOCCOCCOCCOCCC(=O)O. The summed E-state index contributed by atoms with van der Waals surface area (Å²) in [4.78, 5) is 21.8. The summed E-state index contributed by atoms with van der Waals surface area (Å²) in [6.07, 6.45) is 0.352. The van der Waals surface area contributed by atoms with E-state index >= 15 is 0 Å². The summed E-state index contributed by atoms with van der Waals surface area (Å²) >= 11 is 0. The van der Waals surface area contributed by atoms with E-state index < -0.39 is 5.97 Å². The number of hydrogen-bond donors (Lipinski definition) is 2. The number of nitrogens with one attached hydrogen (secondary N) is 1. The molecule has 0 saturated carbocycles. The highest BCUT2D eigenvalue weighted by molar-refractivity contribution is 5.75. The zero-order valence-corrected chi connectivity index (χ0v) is 17.5. The van der Waals surface area contributed by atoms with Crippen LogP contribution >= 0.6 is 0 Å². The minimum absolute atomic E-state index is 0.000923. The normalized spacial score (nSPS) is 11.5. The molecule has 0 aliphatic carbocycles. The lowest BCUT2D eigenvalue weighted by Crippen LogP contribution is -2.32. The molecule has 0 aromatic rings. The van der Waals surface area contributed by atoms with Crippen molar-refractivity contribution in [2.24, 2.45) is 5.41 Å². The van der Waals surface area contributed by atoms with Crippen molar-refractivity contribution in [1.82, 2.24) is 5.32 Å². The maximum absolute atomic E-state index is 11.6. The Hall–Kier alpha value is -1.26. The molecule has 9 nitrogen and oxygen atoms in total. The van der Waals surface area contributed by atoms with Gasteiger partial charge in [0.25, 0.3) is 0 Å². The first-order valence-electron chi connectivity index (χ1n) is 9.68. The molecule has 0 rings (SSSR count). The summed E-state index contributed by atoms with van der Waals surface area (Å²) < 4.78 is 26.4. The number of aliphatic carboxylic acids is 1. The van der Waals surface area contributed by atoms with Gasteiger partial charge in [-0.1, -0.05) is 20.8 Å². The van der Waals surface area contributed by atoms with E-state index in [4.69, 9.17) is 28.8 Å². The van der Waals surface area contributed by atoms with E-state index in [-0.39, 0.29) is 24.3 Å². The average Bonchev–Trinajstić information content (AvgIpc) is 2.61. The van der Waals surface area contributed by atoms with E-state index in [1.165, 1.54) is 0 Å². The van der Waals surface area contributed by atoms with Crippen LogP contribution in [0.1, 0.15) is 33.6 Å². The number of carbonyl (C=O) groups is 2. The van der Waals surface area contributed by atoms with Gasteiger partial charge in [0.2, 0.25) is 5.91 Å². The van der Waals surface area contributed by atoms with Crippen LogP contribution in [0.4, 0.5) is 0 Å². The summed E-state index contributed by atoms with van der Waals surface area (Å²) in [5.41, 5.74) is 0.0797. The van der Waals surface area contributed by atoms with Crippen molar-refractivity contribution in [3.8, 4) is 0 Å². The number of ether oxygens (including phenoxy) is 5. The number of rotatable bonds is 19. The molecule has 0 unspecified atom stereocenters. The van der Waals surface area contributed by atoms with Crippen LogP contribution in [-0.4, -0.2) is 89.6 Å². The van der Waals surface area contributed by atoms with Gasteiger partial charge < -0.3 is 34.1 Å². The summed E-state index contributed by atoms with van der Waals surface area (Å²) in [7, 11) is 0. The van der Waals surface area contributed by atoms with Gasteiger partial charge in [-0.3, -0.25) is 9.59 Å². The Morgan fingerprint density at radius 2 is 1.04 bits per heavy atom. The largest absolute Gasteiger partial charge is 0.481 e. The average molecular weight is 408 g/mol. The second-order valence-corrected chi connectivity index (χ2v) is 7.29. The first-order chi connectivity index (χ1) is 13.3. The number of carbonyl (C=O) groups excluding carboxylic acids is 1. The molecular formula is C19H37NO8. The Morgan fingerprint density at radius 1 is 0.679 bits per heavy atom. The topological polar surface area (TPSA) is 113 Å². The van der Waals surface area contributed by atoms with Gasteiger partial charge in [0, 0.05) is 13.0 Å². The summed E-state index contributed by atoms with van der Waals surface area (Å²) in [5, 5.41) is 11.3. The Kier molecular flexibility index (Phi) is 17.0. The molecule has 28 heavy (non-hydrogen) atoms. The third kappa shape index (κ3) is 22.8. The van der Waals surface area contributed by atoms with Crippen molar-refractivity contribution in [2.45, 2.75) is 33.6 Å². The van der Waals surface area contributed by atoms with E-state index in [9.17, 15) is 9.59 Å². The summed E-state index contributed by atoms with van der Waals surface area (Å²) in [6.45, 7) is 11.0. The molecule has 166 valence electrons. The lowest BCUT2D eigenvalue weighted by atomic mass is 9.97. The zero-order valence-electron chi connectivity index (χ0n) is 17.5. The molecule has 0 fully saturated rings. The van der Waals surface area contributed by atoms with Crippen molar-refractivity contribution in [2.75, 3.05) is 72.6 Å². The van der Waals surface area contributed by atoms with E-state index in [2.05, 4.69) is 26.1 Å². The van der Waals surface area contributed by atoms with Crippen LogP contribution in [0, 0.1) is 5.41 Å². The first-order valence-corrected chi connectivity index (χ1v) is 9.68. The van der Waals surface area contributed by atoms with Gasteiger partial charge in [0.1, 0.15) is 0 Å². The monoisotopic (exact) mass is 407 g/mol. The molecule has 0 aliphatic heterocycles. The van der Waals surface area contributed by atoms with Crippen LogP contribution in [0.5, 0.6) is 0 Å². The van der Waals surface area contributed by atoms with Crippen molar-refractivity contribution < 1.29 is 38.4 Å². The molecule has 0 aliphatic rings. The molecule has 0 aromatic heterocycles. The van der Waals surface area contributed by atoms with Crippen molar-refractivity contribution >= 4 is 11.9 Å². The quantitative estimate of drug-likeness (QED) is 0.306. The predicted octanol–water partition coefficient (Wildman–Crippen LogP) is 1.10. The van der Waals surface area contributed by atoms with E-state index in [0.29, 0.717) is 72.4 Å². The highest BCUT2D eigenvalue weighted by Gasteiger charge is 2.11. The molecule has 0 atom stereocenters. The molecule has 0 radical (unpaired) electrons. The fourth-order valence-electron chi connectivity index (χ4n) is 1.76. The Balaban J connectivity index is 3.16. The zero-order chi connectivity index (χ0) is 21.1. The molecule has 0 spiro atoms. The maximum atomic E-state index is 11.6. The second-order valence-electron chi connectivity index (χ2n) is 7.29. The smallest absolute Gasteiger partial charge is 0.305 e. The van der Waals surface area contributed by atoms with E-state index in [0.717, 1.165) is 0 Å². The van der Waals surface area contributed by atoms with Gasteiger partial charge in [0.15, 0.2) is 0 Å². The van der Waals surface area contributed by atoms with Gasteiger partial charge in [-0.2, -0.15) is 0 Å². The second kappa shape index (κ2) is 17.8. The molecule has 0 bridgehead atoms.